The first kappa shape index (κ1) is 28.3. The van der Waals surface area contributed by atoms with Crippen LogP contribution in [0.2, 0.25) is 0 Å². The Morgan fingerprint density at radius 3 is 1.59 bits per heavy atom. The first-order chi connectivity index (χ1) is 21.7. The molecule has 4 aliphatic carbocycles. The summed E-state index contributed by atoms with van der Waals surface area (Å²) < 4.78 is 0. The third kappa shape index (κ3) is 4.96. The number of hydrogen-bond acceptors (Lipinski definition) is 2. The Kier molecular flexibility index (Phi) is 7.70. The largest absolute Gasteiger partial charge is 0.256 e. The van der Waals surface area contributed by atoms with E-state index in [0.717, 1.165) is 46.9 Å². The van der Waals surface area contributed by atoms with E-state index in [2.05, 4.69) is 106 Å². The molecule has 5 aromatic rings. The van der Waals surface area contributed by atoms with E-state index in [1.807, 2.05) is 24.5 Å². The number of hydrogen-bond donors (Lipinski definition) is 0. The summed E-state index contributed by atoms with van der Waals surface area (Å²) in [6.45, 7) is 0. The Balaban J connectivity index is 1.38. The average Bonchev–Trinajstić information content (AvgIpc) is 3.09. The second-order valence-corrected chi connectivity index (χ2v) is 15.8. The number of rotatable bonds is 8. The van der Waals surface area contributed by atoms with Crippen LogP contribution in [0.25, 0.3) is 22.3 Å². The lowest BCUT2D eigenvalue weighted by molar-refractivity contribution is -0.0502. The van der Waals surface area contributed by atoms with Crippen LogP contribution in [0, 0.1) is 23.7 Å². The summed E-state index contributed by atoms with van der Waals surface area (Å²) in [4.78, 5) is 9.87. The molecule has 44 heavy (non-hydrogen) atoms. The van der Waals surface area contributed by atoms with Gasteiger partial charge in [-0.15, -0.1) is 9.24 Å². The molecule has 1 atom stereocenters. The van der Waals surface area contributed by atoms with Gasteiger partial charge in [0, 0.05) is 31.9 Å². The van der Waals surface area contributed by atoms with Crippen molar-refractivity contribution in [3.05, 3.63) is 133 Å². The molecule has 220 valence electrons. The molecule has 3 aromatic carbocycles. The SMILES string of the molecule is PCC1(c2cc(-c3ccccc3)c(-c3ccccc3)cc2CP(c2ccccn2)c2ccccn2)C2CC3CC(C2)CC1C3. The van der Waals surface area contributed by atoms with Crippen LogP contribution < -0.4 is 10.9 Å². The van der Waals surface area contributed by atoms with Crippen LogP contribution in [0.15, 0.2) is 122 Å². The Morgan fingerprint density at radius 1 is 0.614 bits per heavy atom. The normalized spacial score (nSPS) is 25.4. The second kappa shape index (κ2) is 12.0. The van der Waals surface area contributed by atoms with Gasteiger partial charge in [0.05, 0.1) is 10.9 Å². The Bertz CT molecular complexity index is 1660. The van der Waals surface area contributed by atoms with Gasteiger partial charge >= 0.3 is 0 Å². The van der Waals surface area contributed by atoms with Crippen LogP contribution in [-0.4, -0.2) is 16.1 Å². The van der Waals surface area contributed by atoms with Crippen molar-refractivity contribution < 1.29 is 0 Å². The van der Waals surface area contributed by atoms with Crippen LogP contribution >= 0.6 is 17.2 Å². The minimum absolute atomic E-state index is 0.196. The highest BCUT2D eigenvalue weighted by molar-refractivity contribution is 7.71. The lowest BCUT2D eigenvalue weighted by atomic mass is 9.44. The van der Waals surface area contributed by atoms with Gasteiger partial charge in [-0.1, -0.05) is 72.8 Å². The van der Waals surface area contributed by atoms with Gasteiger partial charge in [0.1, 0.15) is 0 Å². The Hall–Kier alpha value is -3.18. The van der Waals surface area contributed by atoms with Crippen molar-refractivity contribution in [2.75, 3.05) is 6.16 Å². The molecular weight excluding hydrogens is 570 g/mol. The van der Waals surface area contributed by atoms with E-state index in [9.17, 15) is 0 Å². The highest BCUT2D eigenvalue weighted by atomic mass is 31.1. The fourth-order valence-corrected chi connectivity index (χ4v) is 12.3. The fourth-order valence-electron chi connectivity index (χ4n) is 9.31. The first-order valence-electron chi connectivity index (χ1n) is 16.3. The smallest absolute Gasteiger partial charge is 0.0695 e. The minimum atomic E-state index is -0.781. The van der Waals surface area contributed by atoms with Crippen molar-refractivity contribution in [1.82, 2.24) is 9.97 Å². The molecule has 1 unspecified atom stereocenters. The first-order valence-corrected chi connectivity index (χ1v) is 18.6. The van der Waals surface area contributed by atoms with Crippen molar-refractivity contribution in [2.45, 2.75) is 43.7 Å². The molecule has 4 aliphatic rings. The molecule has 0 spiro atoms. The fraction of sp³-hybridized carbons (Fsp3) is 0.300. The van der Waals surface area contributed by atoms with Crippen LogP contribution in [0.4, 0.5) is 0 Å². The predicted octanol–water partition coefficient (Wildman–Crippen LogP) is 9.01. The molecule has 0 aliphatic heterocycles. The molecular formula is C40H40N2P2. The molecule has 4 saturated carbocycles. The lowest BCUT2D eigenvalue weighted by Crippen LogP contribution is -2.57. The maximum Gasteiger partial charge on any atom is 0.0695 e. The average molecular weight is 611 g/mol. The second-order valence-electron chi connectivity index (χ2n) is 13.3. The van der Waals surface area contributed by atoms with E-state index in [0.29, 0.717) is 0 Å². The van der Waals surface area contributed by atoms with Crippen LogP contribution in [0.3, 0.4) is 0 Å². The molecule has 9 rings (SSSR count). The molecule has 0 amide bonds. The standard InChI is InChI=1S/C40H40N2P2/c43-27-40(33-20-28-19-29(22-33)23-34(40)21-28)37-25-36(31-13-5-2-6-14-31)35(30-11-3-1-4-12-30)24-32(37)26-44(38-15-7-9-17-41-38)39-16-8-10-18-42-39/h1-18,24-25,28-29,33-34H,19-23,26-27,43H2. The summed E-state index contributed by atoms with van der Waals surface area (Å²) in [6.07, 6.45) is 13.1. The predicted molar refractivity (Wildman–Crippen MR) is 189 cm³/mol. The van der Waals surface area contributed by atoms with Gasteiger partial charge in [-0.05, 0) is 132 Å². The quantitative estimate of drug-likeness (QED) is 0.164. The minimum Gasteiger partial charge on any atom is -0.256 e. The monoisotopic (exact) mass is 610 g/mol. The molecule has 0 saturated heterocycles. The molecule has 2 aromatic heterocycles. The number of pyridine rings is 2. The van der Waals surface area contributed by atoms with Crippen LogP contribution in [0.5, 0.6) is 0 Å². The Labute approximate surface area is 265 Å². The van der Waals surface area contributed by atoms with Gasteiger partial charge in [0.15, 0.2) is 0 Å². The number of nitrogens with zero attached hydrogens (tertiary/aromatic N) is 2. The van der Waals surface area contributed by atoms with Gasteiger partial charge in [0.25, 0.3) is 0 Å². The Morgan fingerprint density at radius 2 is 1.11 bits per heavy atom. The highest BCUT2D eigenvalue weighted by Gasteiger charge is 2.57. The van der Waals surface area contributed by atoms with Crippen molar-refractivity contribution in [3.8, 4) is 22.3 Å². The molecule has 2 nitrogen and oxygen atoms in total. The van der Waals surface area contributed by atoms with Gasteiger partial charge in [-0.25, -0.2) is 0 Å². The topological polar surface area (TPSA) is 25.8 Å². The molecule has 0 N–H and O–H groups in total. The third-order valence-corrected chi connectivity index (χ3v) is 14.0. The molecule has 0 radical (unpaired) electrons. The molecule has 2 heterocycles. The van der Waals surface area contributed by atoms with Crippen LogP contribution in [0.1, 0.15) is 43.2 Å². The molecule has 4 bridgehead atoms. The lowest BCUT2D eigenvalue weighted by Gasteiger charge is -2.62. The van der Waals surface area contributed by atoms with E-state index in [1.165, 1.54) is 59.9 Å². The summed E-state index contributed by atoms with van der Waals surface area (Å²) in [5.74, 6) is 3.39. The zero-order valence-electron chi connectivity index (χ0n) is 25.2. The summed E-state index contributed by atoms with van der Waals surface area (Å²) in [7, 11) is 2.48. The van der Waals surface area contributed by atoms with Gasteiger partial charge < -0.3 is 0 Å². The number of benzene rings is 3. The zero-order chi connectivity index (χ0) is 29.5. The van der Waals surface area contributed by atoms with Crippen molar-refractivity contribution in [2.24, 2.45) is 23.7 Å². The van der Waals surface area contributed by atoms with Gasteiger partial charge in [0.2, 0.25) is 0 Å². The van der Waals surface area contributed by atoms with Crippen LogP contribution in [-0.2, 0) is 11.6 Å². The van der Waals surface area contributed by atoms with Crippen molar-refractivity contribution in [3.63, 3.8) is 0 Å². The number of aromatic nitrogens is 2. The summed E-state index contributed by atoms with van der Waals surface area (Å²) in [5.41, 5.74) is 10.9. The van der Waals surface area contributed by atoms with E-state index < -0.39 is 7.92 Å². The zero-order valence-corrected chi connectivity index (χ0v) is 27.3. The molecule has 4 fully saturated rings. The maximum atomic E-state index is 4.93. The summed E-state index contributed by atoms with van der Waals surface area (Å²) in [5, 5.41) is 0. The summed E-state index contributed by atoms with van der Waals surface area (Å²) >= 11 is 0. The van der Waals surface area contributed by atoms with Gasteiger partial charge in [-0.2, -0.15) is 0 Å². The van der Waals surface area contributed by atoms with Gasteiger partial charge in [-0.3, -0.25) is 9.97 Å². The van der Waals surface area contributed by atoms with E-state index in [-0.39, 0.29) is 5.41 Å². The van der Waals surface area contributed by atoms with Crippen molar-refractivity contribution in [1.29, 1.82) is 0 Å². The van der Waals surface area contributed by atoms with Crippen molar-refractivity contribution >= 4 is 28.0 Å². The third-order valence-electron chi connectivity index (χ3n) is 11.0. The highest BCUT2D eigenvalue weighted by Crippen LogP contribution is 2.64. The maximum absolute atomic E-state index is 4.93. The van der Waals surface area contributed by atoms with E-state index in [4.69, 9.17) is 9.97 Å². The van der Waals surface area contributed by atoms with E-state index >= 15 is 0 Å². The molecule has 4 heteroatoms. The van der Waals surface area contributed by atoms with E-state index in [1.54, 1.807) is 5.56 Å². The summed E-state index contributed by atoms with van der Waals surface area (Å²) in [6, 6.07) is 40.1.